The number of carbonyl (C=O) groups is 2. The van der Waals surface area contributed by atoms with Crippen molar-refractivity contribution in [3.8, 4) is 0 Å². The van der Waals surface area contributed by atoms with Crippen molar-refractivity contribution < 1.29 is 19.1 Å². The Balaban J connectivity index is 1.88. The topological polar surface area (TPSA) is 93.3 Å². The SMILES string of the molecule is CC(C)(C)c1ncc(CSc2cnc(CC(=O)CC(=O)O)s2)o1. The van der Waals surface area contributed by atoms with Crippen LogP contribution >= 0.6 is 23.1 Å². The van der Waals surface area contributed by atoms with Crippen LogP contribution in [0.2, 0.25) is 0 Å². The summed E-state index contributed by atoms with van der Waals surface area (Å²) in [5.74, 6) is 0.678. The predicted octanol–water partition coefficient (Wildman–Crippen LogP) is 3.31. The summed E-state index contributed by atoms with van der Waals surface area (Å²) in [6, 6.07) is 0. The summed E-state index contributed by atoms with van der Waals surface area (Å²) in [5, 5.41) is 9.21. The van der Waals surface area contributed by atoms with Crippen LogP contribution in [0.25, 0.3) is 0 Å². The van der Waals surface area contributed by atoms with Crippen molar-refractivity contribution in [2.24, 2.45) is 0 Å². The van der Waals surface area contributed by atoms with Crippen LogP contribution < -0.4 is 0 Å². The number of oxazole rings is 1. The van der Waals surface area contributed by atoms with Crippen LogP contribution in [0.4, 0.5) is 0 Å². The second kappa shape index (κ2) is 7.27. The van der Waals surface area contributed by atoms with Crippen LogP contribution in [0.5, 0.6) is 0 Å². The lowest BCUT2D eigenvalue weighted by Gasteiger charge is -2.12. The van der Waals surface area contributed by atoms with E-state index in [0.717, 1.165) is 9.97 Å². The standard InChI is InChI=1S/C15H18N2O4S2/c1-15(2,3)14-17-6-10(21-14)8-22-13-7-16-11(23-13)4-9(18)5-12(19)20/h6-7H,4-5,8H2,1-3H3,(H,19,20). The summed E-state index contributed by atoms with van der Waals surface area (Å²) in [4.78, 5) is 30.4. The summed E-state index contributed by atoms with van der Waals surface area (Å²) < 4.78 is 6.67. The van der Waals surface area contributed by atoms with Crippen LogP contribution in [0.3, 0.4) is 0 Å². The first-order chi connectivity index (χ1) is 10.7. The Bertz CT molecular complexity index is 700. The average molecular weight is 354 g/mol. The van der Waals surface area contributed by atoms with E-state index in [1.165, 1.54) is 11.3 Å². The third-order valence-corrected chi connectivity index (χ3v) is 5.00. The third-order valence-electron chi connectivity index (χ3n) is 2.78. The highest BCUT2D eigenvalue weighted by molar-refractivity contribution is 8.00. The molecule has 23 heavy (non-hydrogen) atoms. The molecule has 0 fully saturated rings. The van der Waals surface area contributed by atoms with E-state index in [1.54, 1.807) is 24.2 Å². The van der Waals surface area contributed by atoms with Crippen molar-refractivity contribution in [2.75, 3.05) is 0 Å². The van der Waals surface area contributed by atoms with Gasteiger partial charge in [-0.05, 0) is 0 Å². The Morgan fingerprint density at radius 1 is 1.30 bits per heavy atom. The average Bonchev–Trinajstić information content (AvgIpc) is 3.03. The smallest absolute Gasteiger partial charge is 0.310 e. The number of ketones is 1. The zero-order chi connectivity index (χ0) is 17.0. The number of thioether (sulfide) groups is 1. The molecule has 0 aliphatic rings. The molecule has 0 bridgehead atoms. The Labute approximate surface area is 142 Å². The molecule has 0 radical (unpaired) electrons. The molecule has 8 heteroatoms. The van der Waals surface area contributed by atoms with E-state index in [0.29, 0.717) is 16.7 Å². The molecule has 1 N–H and O–H groups in total. The first kappa shape index (κ1) is 17.7. The summed E-state index contributed by atoms with van der Waals surface area (Å²) in [6.07, 6.45) is 3.02. The molecule has 0 amide bonds. The van der Waals surface area contributed by atoms with E-state index in [4.69, 9.17) is 9.52 Å². The quantitative estimate of drug-likeness (QED) is 0.602. The van der Waals surface area contributed by atoms with Gasteiger partial charge in [0.2, 0.25) is 0 Å². The normalized spacial score (nSPS) is 11.6. The summed E-state index contributed by atoms with van der Waals surface area (Å²) >= 11 is 2.95. The molecule has 0 unspecified atom stereocenters. The molecule has 0 aliphatic carbocycles. The Morgan fingerprint density at radius 2 is 2.04 bits per heavy atom. The molecule has 0 saturated carbocycles. The Morgan fingerprint density at radius 3 is 2.65 bits per heavy atom. The number of carboxylic acid groups (broad SMARTS) is 1. The van der Waals surface area contributed by atoms with Crippen molar-refractivity contribution >= 4 is 34.9 Å². The van der Waals surface area contributed by atoms with Gasteiger partial charge in [0.05, 0.1) is 28.8 Å². The van der Waals surface area contributed by atoms with Gasteiger partial charge < -0.3 is 9.52 Å². The molecule has 0 aliphatic heterocycles. The number of carbonyl (C=O) groups excluding carboxylic acids is 1. The molecule has 0 atom stereocenters. The van der Waals surface area contributed by atoms with Gasteiger partial charge in [0, 0.05) is 5.41 Å². The van der Waals surface area contributed by atoms with Crippen molar-refractivity contribution in [1.29, 1.82) is 0 Å². The monoisotopic (exact) mass is 354 g/mol. The Hall–Kier alpha value is -1.67. The maximum atomic E-state index is 11.5. The lowest BCUT2D eigenvalue weighted by molar-refractivity contribution is -0.140. The number of carboxylic acids is 1. The van der Waals surface area contributed by atoms with Gasteiger partial charge in [-0.1, -0.05) is 20.8 Å². The van der Waals surface area contributed by atoms with E-state index in [9.17, 15) is 9.59 Å². The van der Waals surface area contributed by atoms with Crippen molar-refractivity contribution in [1.82, 2.24) is 9.97 Å². The van der Waals surface area contributed by atoms with Crippen molar-refractivity contribution in [3.05, 3.63) is 29.1 Å². The Kier molecular flexibility index (Phi) is 5.59. The molecule has 2 heterocycles. The zero-order valence-corrected chi connectivity index (χ0v) is 14.8. The largest absolute Gasteiger partial charge is 0.481 e. The maximum Gasteiger partial charge on any atom is 0.310 e. The van der Waals surface area contributed by atoms with Gasteiger partial charge in [0.15, 0.2) is 11.7 Å². The summed E-state index contributed by atoms with van der Waals surface area (Å²) in [6.45, 7) is 6.12. The number of nitrogens with zero attached hydrogens (tertiary/aromatic N) is 2. The highest BCUT2D eigenvalue weighted by Crippen LogP contribution is 2.30. The van der Waals surface area contributed by atoms with Crippen molar-refractivity contribution in [3.63, 3.8) is 0 Å². The highest BCUT2D eigenvalue weighted by atomic mass is 32.2. The third kappa shape index (κ3) is 5.47. The molecule has 2 aromatic rings. The molecule has 0 spiro atoms. The number of hydrogen-bond donors (Lipinski definition) is 1. The van der Waals surface area contributed by atoms with E-state index in [-0.39, 0.29) is 17.6 Å². The fourth-order valence-corrected chi connectivity index (χ4v) is 3.63. The van der Waals surface area contributed by atoms with Crippen LogP contribution in [0.1, 0.15) is 43.9 Å². The van der Waals surface area contributed by atoms with Crippen LogP contribution in [-0.2, 0) is 27.2 Å². The molecule has 124 valence electrons. The zero-order valence-electron chi connectivity index (χ0n) is 13.2. The molecule has 6 nitrogen and oxygen atoms in total. The van der Waals surface area contributed by atoms with Crippen LogP contribution in [-0.4, -0.2) is 26.8 Å². The molecule has 2 aromatic heterocycles. The van der Waals surface area contributed by atoms with Gasteiger partial charge in [0.25, 0.3) is 0 Å². The number of hydrogen-bond acceptors (Lipinski definition) is 7. The minimum Gasteiger partial charge on any atom is -0.481 e. The van der Waals surface area contributed by atoms with Crippen LogP contribution in [0.15, 0.2) is 21.0 Å². The lowest BCUT2D eigenvalue weighted by Crippen LogP contribution is -2.10. The molecule has 0 aromatic carbocycles. The number of thiazole rings is 1. The number of aliphatic carboxylic acids is 1. The summed E-state index contributed by atoms with van der Waals surface area (Å²) in [7, 11) is 0. The molecular weight excluding hydrogens is 336 g/mol. The van der Waals surface area contributed by atoms with Gasteiger partial charge in [-0.3, -0.25) is 9.59 Å². The number of Topliss-reactive ketones (excluding diaryl/α,β-unsaturated/α-hetero) is 1. The number of rotatable bonds is 7. The fourth-order valence-electron chi connectivity index (χ4n) is 1.71. The summed E-state index contributed by atoms with van der Waals surface area (Å²) in [5.41, 5.74) is -0.120. The number of aromatic nitrogens is 2. The minimum atomic E-state index is -1.11. The molecule has 0 saturated heterocycles. The van der Waals surface area contributed by atoms with Gasteiger partial charge in [-0.2, -0.15) is 0 Å². The maximum absolute atomic E-state index is 11.5. The first-order valence-electron chi connectivity index (χ1n) is 7.00. The van der Waals surface area contributed by atoms with Gasteiger partial charge in [-0.25, -0.2) is 9.97 Å². The molecule has 2 rings (SSSR count). The van der Waals surface area contributed by atoms with Crippen molar-refractivity contribution in [2.45, 2.75) is 49.0 Å². The van der Waals surface area contributed by atoms with E-state index in [1.807, 2.05) is 20.8 Å². The predicted molar refractivity (Wildman–Crippen MR) is 87.8 cm³/mol. The van der Waals surface area contributed by atoms with Gasteiger partial charge in [0.1, 0.15) is 17.2 Å². The fraction of sp³-hybridized carbons (Fsp3) is 0.467. The van der Waals surface area contributed by atoms with E-state index >= 15 is 0 Å². The van der Waals surface area contributed by atoms with E-state index in [2.05, 4.69) is 9.97 Å². The van der Waals surface area contributed by atoms with Gasteiger partial charge >= 0.3 is 5.97 Å². The van der Waals surface area contributed by atoms with Gasteiger partial charge in [-0.15, -0.1) is 23.1 Å². The lowest BCUT2D eigenvalue weighted by atomic mass is 9.97. The second-order valence-electron chi connectivity index (χ2n) is 6.03. The highest BCUT2D eigenvalue weighted by Gasteiger charge is 2.20. The molecular formula is C15H18N2O4S2. The second-order valence-corrected chi connectivity index (χ2v) is 8.42. The van der Waals surface area contributed by atoms with Crippen LogP contribution in [0, 0.1) is 0 Å². The van der Waals surface area contributed by atoms with E-state index < -0.39 is 12.4 Å². The first-order valence-corrected chi connectivity index (χ1v) is 8.80. The minimum absolute atomic E-state index is 0.0635.